The van der Waals surface area contributed by atoms with Gasteiger partial charge in [0.05, 0.1) is 22.5 Å². The SMILES string of the molecule is CC(=O)NC1CCN(C(=O)c2nc(NC(C)c3cncc(F)c3)nc3ccsc23)C1. The highest BCUT2D eigenvalue weighted by Crippen LogP contribution is 2.27. The van der Waals surface area contributed by atoms with Crippen LogP contribution in [0.15, 0.2) is 29.9 Å². The monoisotopic (exact) mass is 428 g/mol. The molecule has 1 saturated heterocycles. The Morgan fingerprint density at radius 2 is 2.17 bits per heavy atom. The third kappa shape index (κ3) is 4.23. The van der Waals surface area contributed by atoms with E-state index in [1.54, 1.807) is 11.1 Å². The number of thiophene rings is 1. The van der Waals surface area contributed by atoms with Crippen LogP contribution in [0.25, 0.3) is 10.2 Å². The lowest BCUT2D eigenvalue weighted by atomic mass is 10.1. The van der Waals surface area contributed by atoms with E-state index in [-0.39, 0.29) is 23.9 Å². The van der Waals surface area contributed by atoms with Crippen molar-refractivity contribution in [2.24, 2.45) is 0 Å². The first-order chi connectivity index (χ1) is 14.4. The van der Waals surface area contributed by atoms with E-state index in [0.717, 1.165) is 6.20 Å². The molecule has 0 aliphatic carbocycles. The summed E-state index contributed by atoms with van der Waals surface area (Å²) >= 11 is 1.41. The molecule has 0 aromatic carbocycles. The lowest BCUT2D eigenvalue weighted by Crippen LogP contribution is -2.37. The van der Waals surface area contributed by atoms with Crippen LogP contribution in [-0.2, 0) is 4.79 Å². The molecule has 30 heavy (non-hydrogen) atoms. The Labute approximate surface area is 176 Å². The van der Waals surface area contributed by atoms with Gasteiger partial charge in [0.1, 0.15) is 5.82 Å². The Kier molecular flexibility index (Phi) is 5.58. The topological polar surface area (TPSA) is 100 Å². The number of amides is 2. The van der Waals surface area contributed by atoms with Gasteiger partial charge < -0.3 is 15.5 Å². The number of hydrogen-bond donors (Lipinski definition) is 2. The van der Waals surface area contributed by atoms with E-state index in [4.69, 9.17) is 0 Å². The summed E-state index contributed by atoms with van der Waals surface area (Å²) in [5.41, 5.74) is 1.64. The number of likely N-dealkylation sites (tertiary alicyclic amines) is 1. The molecule has 10 heteroatoms. The number of carbonyl (C=O) groups is 2. The molecule has 3 aromatic rings. The smallest absolute Gasteiger partial charge is 0.274 e. The molecule has 4 heterocycles. The molecular formula is C20H21FN6O2S. The second-order valence-corrected chi connectivity index (χ2v) is 8.19. The van der Waals surface area contributed by atoms with E-state index in [0.29, 0.717) is 46.9 Å². The van der Waals surface area contributed by atoms with Crippen LogP contribution in [0.5, 0.6) is 0 Å². The van der Waals surface area contributed by atoms with Crippen molar-refractivity contribution in [1.82, 2.24) is 25.2 Å². The Hall–Kier alpha value is -3.14. The van der Waals surface area contributed by atoms with E-state index in [9.17, 15) is 14.0 Å². The molecule has 2 N–H and O–H groups in total. The maximum absolute atomic E-state index is 13.5. The minimum absolute atomic E-state index is 0.0507. The van der Waals surface area contributed by atoms with Gasteiger partial charge in [-0.1, -0.05) is 0 Å². The van der Waals surface area contributed by atoms with Crippen LogP contribution in [0.2, 0.25) is 0 Å². The number of pyridine rings is 1. The number of aromatic nitrogens is 3. The summed E-state index contributed by atoms with van der Waals surface area (Å²) in [4.78, 5) is 39.0. The largest absolute Gasteiger partial charge is 0.352 e. The van der Waals surface area contributed by atoms with Crippen molar-refractivity contribution in [3.63, 3.8) is 0 Å². The van der Waals surface area contributed by atoms with Crippen LogP contribution in [0.3, 0.4) is 0 Å². The fourth-order valence-corrected chi connectivity index (χ4v) is 4.33. The second kappa shape index (κ2) is 8.31. The summed E-state index contributed by atoms with van der Waals surface area (Å²) in [5.74, 6) is -0.433. The maximum atomic E-state index is 13.5. The minimum atomic E-state index is -0.422. The van der Waals surface area contributed by atoms with Crippen LogP contribution in [0.4, 0.5) is 10.3 Å². The summed E-state index contributed by atoms with van der Waals surface area (Å²) in [5, 5.41) is 7.86. The third-order valence-corrected chi connectivity index (χ3v) is 5.87. The van der Waals surface area contributed by atoms with E-state index in [1.165, 1.54) is 24.3 Å². The molecule has 8 nitrogen and oxygen atoms in total. The number of fused-ring (bicyclic) bond motifs is 1. The summed E-state index contributed by atoms with van der Waals surface area (Å²) in [6.07, 6.45) is 3.42. The summed E-state index contributed by atoms with van der Waals surface area (Å²) < 4.78 is 14.2. The molecule has 3 aromatic heterocycles. The molecule has 4 rings (SSSR count). The molecule has 0 spiro atoms. The van der Waals surface area contributed by atoms with E-state index >= 15 is 0 Å². The highest BCUT2D eigenvalue weighted by Gasteiger charge is 2.30. The molecule has 2 amide bonds. The average Bonchev–Trinajstić information content (AvgIpc) is 3.35. The van der Waals surface area contributed by atoms with Crippen LogP contribution >= 0.6 is 11.3 Å². The molecule has 1 aliphatic heterocycles. The van der Waals surface area contributed by atoms with Gasteiger partial charge in [-0.25, -0.2) is 14.4 Å². The first kappa shape index (κ1) is 20.1. The standard InChI is InChI=1S/C20H21FN6O2S/c1-11(13-7-14(21)9-22-8-13)23-20-25-16-4-6-30-18(16)17(26-20)19(29)27-5-3-15(10-27)24-12(2)28/h4,6-9,11,15H,3,5,10H2,1-2H3,(H,24,28)(H,23,25,26). The Balaban J connectivity index is 1.58. The molecule has 0 bridgehead atoms. The fourth-order valence-electron chi connectivity index (χ4n) is 3.51. The number of hydrogen-bond acceptors (Lipinski definition) is 7. The van der Waals surface area contributed by atoms with E-state index in [1.807, 2.05) is 18.4 Å². The normalized spacial score (nSPS) is 17.2. The van der Waals surface area contributed by atoms with Crippen molar-refractivity contribution in [3.05, 3.63) is 47.0 Å². The molecular weight excluding hydrogens is 407 g/mol. The van der Waals surface area contributed by atoms with Gasteiger partial charge in [-0.15, -0.1) is 11.3 Å². The molecule has 2 atom stereocenters. The van der Waals surface area contributed by atoms with Gasteiger partial charge in [0.25, 0.3) is 5.91 Å². The predicted octanol–water partition coefficient (Wildman–Crippen LogP) is 2.75. The zero-order valence-corrected chi connectivity index (χ0v) is 17.4. The van der Waals surface area contributed by atoms with Gasteiger partial charge in [-0.05, 0) is 36.4 Å². The lowest BCUT2D eigenvalue weighted by Gasteiger charge is -2.18. The van der Waals surface area contributed by atoms with Crippen LogP contribution < -0.4 is 10.6 Å². The van der Waals surface area contributed by atoms with Gasteiger partial charge in [-0.3, -0.25) is 14.6 Å². The highest BCUT2D eigenvalue weighted by atomic mass is 32.1. The molecule has 1 aliphatic rings. The summed E-state index contributed by atoms with van der Waals surface area (Å²) in [7, 11) is 0. The number of carbonyl (C=O) groups excluding carboxylic acids is 2. The van der Waals surface area contributed by atoms with Gasteiger partial charge in [0, 0.05) is 32.3 Å². The number of nitrogens with one attached hydrogen (secondary N) is 2. The third-order valence-electron chi connectivity index (χ3n) is 4.96. The molecule has 2 unspecified atom stereocenters. The van der Waals surface area contributed by atoms with E-state index in [2.05, 4.69) is 25.6 Å². The van der Waals surface area contributed by atoms with Gasteiger partial charge in [-0.2, -0.15) is 0 Å². The molecule has 0 saturated carbocycles. The van der Waals surface area contributed by atoms with E-state index < -0.39 is 5.82 Å². The predicted molar refractivity (Wildman–Crippen MR) is 112 cm³/mol. The van der Waals surface area contributed by atoms with Gasteiger partial charge in [0.2, 0.25) is 11.9 Å². The maximum Gasteiger partial charge on any atom is 0.274 e. The zero-order chi connectivity index (χ0) is 21.3. The van der Waals surface area contributed by atoms with Crippen molar-refractivity contribution >= 4 is 39.3 Å². The van der Waals surface area contributed by atoms with Crippen molar-refractivity contribution < 1.29 is 14.0 Å². The number of nitrogens with zero attached hydrogens (tertiary/aromatic N) is 4. The molecule has 156 valence electrons. The number of anilines is 1. The Morgan fingerprint density at radius 3 is 2.93 bits per heavy atom. The first-order valence-corrected chi connectivity index (χ1v) is 10.5. The second-order valence-electron chi connectivity index (χ2n) is 7.27. The molecule has 1 fully saturated rings. The van der Waals surface area contributed by atoms with Crippen molar-refractivity contribution in [2.45, 2.75) is 32.4 Å². The Morgan fingerprint density at radius 1 is 1.33 bits per heavy atom. The highest BCUT2D eigenvalue weighted by molar-refractivity contribution is 7.17. The van der Waals surface area contributed by atoms with Crippen LogP contribution in [0.1, 0.15) is 42.4 Å². The first-order valence-electron chi connectivity index (χ1n) is 9.59. The zero-order valence-electron chi connectivity index (χ0n) is 16.6. The van der Waals surface area contributed by atoms with Crippen LogP contribution in [0, 0.1) is 5.82 Å². The minimum Gasteiger partial charge on any atom is -0.352 e. The van der Waals surface area contributed by atoms with Crippen molar-refractivity contribution in [1.29, 1.82) is 0 Å². The van der Waals surface area contributed by atoms with Crippen molar-refractivity contribution in [2.75, 3.05) is 18.4 Å². The number of halogens is 1. The number of rotatable bonds is 5. The van der Waals surface area contributed by atoms with Crippen molar-refractivity contribution in [3.8, 4) is 0 Å². The Bertz CT molecular complexity index is 1100. The lowest BCUT2D eigenvalue weighted by molar-refractivity contribution is -0.119. The average molecular weight is 428 g/mol. The summed E-state index contributed by atoms with van der Waals surface area (Å²) in [6.45, 7) is 4.31. The molecule has 0 radical (unpaired) electrons. The fraction of sp³-hybridized carbons (Fsp3) is 0.350. The quantitative estimate of drug-likeness (QED) is 0.648. The van der Waals surface area contributed by atoms with Crippen LogP contribution in [-0.4, -0.2) is 50.8 Å². The van der Waals surface area contributed by atoms with Gasteiger partial charge in [0.15, 0.2) is 5.69 Å². The summed E-state index contributed by atoms with van der Waals surface area (Å²) in [6, 6.07) is 2.88. The van der Waals surface area contributed by atoms with Gasteiger partial charge >= 0.3 is 0 Å².